The number of para-hydroxylation sites is 2. The molecular weight excluding hydrogens is 903 g/mol. The van der Waals surface area contributed by atoms with E-state index in [0.29, 0.717) is 28.8 Å². The van der Waals surface area contributed by atoms with E-state index >= 15 is 0 Å². The van der Waals surface area contributed by atoms with Crippen molar-refractivity contribution in [2.75, 3.05) is 17.2 Å². The number of halogens is 6. The number of ether oxygens (including phenoxy) is 1. The van der Waals surface area contributed by atoms with Crippen molar-refractivity contribution in [3.63, 3.8) is 0 Å². The van der Waals surface area contributed by atoms with E-state index in [1.54, 1.807) is 91.9 Å². The number of aromatic nitrogens is 2. The van der Waals surface area contributed by atoms with Crippen LogP contribution in [0.5, 0.6) is 0 Å². The fourth-order valence-electron chi connectivity index (χ4n) is 7.93. The molecule has 2 heterocycles. The number of nitrogens with one attached hydrogen (secondary N) is 4. The number of anilines is 2. The first kappa shape index (κ1) is 49.6. The van der Waals surface area contributed by atoms with Gasteiger partial charge in [0.2, 0.25) is 11.8 Å². The molecule has 0 saturated heterocycles. The fourth-order valence-corrected chi connectivity index (χ4v) is 9.65. The predicted molar refractivity (Wildman–Crippen MR) is 233 cm³/mol. The van der Waals surface area contributed by atoms with E-state index in [1.165, 1.54) is 31.2 Å². The van der Waals surface area contributed by atoms with Crippen LogP contribution in [0.2, 0.25) is 0 Å². The highest BCUT2D eigenvalue weighted by Gasteiger charge is 2.81. The molecule has 0 radical (unpaired) electrons. The van der Waals surface area contributed by atoms with Gasteiger partial charge in [0.15, 0.2) is 10.3 Å². The summed E-state index contributed by atoms with van der Waals surface area (Å²) in [5, 5.41) is 9.94. The number of amides is 4. The number of fused-ring (bicyclic) bond motifs is 2. The molecule has 4 aromatic carbocycles. The average molecular weight is 945 g/mol. The first-order valence-corrected chi connectivity index (χ1v) is 21.2. The monoisotopic (exact) mass is 944 g/mol. The molecule has 2 fully saturated rings. The van der Waals surface area contributed by atoms with Crippen LogP contribution < -0.4 is 21.3 Å². The van der Waals surface area contributed by atoms with E-state index in [-0.39, 0.29) is 21.7 Å². The maximum absolute atomic E-state index is 13.8. The molecule has 6 N–H and O–H groups in total. The van der Waals surface area contributed by atoms with Crippen molar-refractivity contribution < 1.29 is 60.5 Å². The summed E-state index contributed by atoms with van der Waals surface area (Å²) >= 11 is 2.31. The Hall–Kier alpha value is -6.45. The molecule has 0 unspecified atom stereocenters. The second kappa shape index (κ2) is 19.7. The standard InChI is InChI=1S/2C20H16F3N3O2S.C4H8O2.H2O/c2*1-11(27)26-19(15(16(19)20(21,22)23)12-7-3-2-4-8-12)17(28)25-18-24-13-9-5-6-10-14(13)29-18;1-3-6-4(2)5;/h2*2-10,15-16H,1H3,(H,26,27)(H,24,25,28);3H2,1-2H3;1H2/t2*15-,16-,19-;;/m11../s1. The van der Waals surface area contributed by atoms with E-state index in [1.807, 2.05) is 0 Å². The summed E-state index contributed by atoms with van der Waals surface area (Å²) in [5.74, 6) is -9.99. The predicted octanol–water partition coefficient (Wildman–Crippen LogP) is 7.92. The Kier molecular flexibility index (Phi) is 15.1. The summed E-state index contributed by atoms with van der Waals surface area (Å²) in [6.07, 6.45) is -9.35. The maximum Gasteiger partial charge on any atom is 0.395 e. The summed E-state index contributed by atoms with van der Waals surface area (Å²) in [6, 6.07) is 30.1. The molecule has 0 spiro atoms. The van der Waals surface area contributed by atoms with Gasteiger partial charge >= 0.3 is 18.3 Å². The summed E-state index contributed by atoms with van der Waals surface area (Å²) < 4.78 is 89.0. The lowest BCUT2D eigenvalue weighted by atomic mass is 10.1. The molecular formula is C44H42F6N6O7S2. The maximum atomic E-state index is 13.8. The molecule has 8 rings (SSSR count). The van der Waals surface area contributed by atoms with Crippen LogP contribution in [-0.4, -0.2) is 75.1 Å². The van der Waals surface area contributed by atoms with Crippen molar-refractivity contribution in [3.05, 3.63) is 120 Å². The van der Waals surface area contributed by atoms with Gasteiger partial charge in [0.1, 0.15) is 11.1 Å². The molecule has 4 amide bonds. The molecule has 65 heavy (non-hydrogen) atoms. The van der Waals surface area contributed by atoms with Crippen LogP contribution in [0, 0.1) is 11.8 Å². The van der Waals surface area contributed by atoms with Crippen molar-refractivity contribution in [1.29, 1.82) is 0 Å². The van der Waals surface area contributed by atoms with Crippen LogP contribution in [0.15, 0.2) is 109 Å². The van der Waals surface area contributed by atoms with Gasteiger partial charge in [0.05, 0.1) is 38.9 Å². The Morgan fingerprint density at radius 2 is 0.923 bits per heavy atom. The Balaban J connectivity index is 0.000000214. The largest absolute Gasteiger partial charge is 0.466 e. The lowest BCUT2D eigenvalue weighted by molar-refractivity contribution is -0.158. The zero-order valence-corrected chi connectivity index (χ0v) is 36.5. The first-order valence-electron chi connectivity index (χ1n) is 19.5. The van der Waals surface area contributed by atoms with Crippen LogP contribution in [0.25, 0.3) is 20.4 Å². The van der Waals surface area contributed by atoms with Crippen LogP contribution in [-0.2, 0) is 28.7 Å². The minimum atomic E-state index is -4.67. The van der Waals surface area contributed by atoms with Crippen molar-refractivity contribution in [2.24, 2.45) is 11.8 Å². The van der Waals surface area contributed by atoms with Gasteiger partial charge in [0, 0.05) is 32.6 Å². The summed E-state index contributed by atoms with van der Waals surface area (Å²) in [5.41, 5.74) is -2.31. The topological polar surface area (TPSA) is 200 Å². The third-order valence-electron chi connectivity index (χ3n) is 10.3. The number of carbonyl (C=O) groups excluding carboxylic acids is 5. The quantitative estimate of drug-likeness (QED) is 0.0828. The SMILES string of the molecule is CC(=O)N[C@]1(C(=O)Nc2nc3ccccc3s2)[C@H](c2ccccc2)[C@H]1C(F)(F)F.CC(=O)N[C@]1(C(=O)Nc2nc3ccccc3s2)[C@H](c2ccccc2)[C@H]1C(F)(F)F.CCOC(C)=O.O. The second-order valence-electron chi connectivity index (χ2n) is 14.7. The van der Waals surface area contributed by atoms with Crippen molar-refractivity contribution >= 4 is 83.0 Å². The van der Waals surface area contributed by atoms with Crippen LogP contribution >= 0.6 is 22.7 Å². The lowest BCUT2D eigenvalue weighted by Gasteiger charge is -2.19. The van der Waals surface area contributed by atoms with Gasteiger partial charge < -0.3 is 20.8 Å². The normalized spacial score (nSPS) is 21.8. The van der Waals surface area contributed by atoms with E-state index in [9.17, 15) is 50.3 Å². The Morgan fingerprint density at radius 1 is 0.585 bits per heavy atom. The molecule has 344 valence electrons. The smallest absolute Gasteiger partial charge is 0.395 e. The highest BCUT2D eigenvalue weighted by molar-refractivity contribution is 7.22. The molecule has 2 saturated carbocycles. The minimum absolute atomic E-state index is 0. The highest BCUT2D eigenvalue weighted by atomic mass is 32.1. The van der Waals surface area contributed by atoms with Gasteiger partial charge in [-0.2, -0.15) is 26.3 Å². The fraction of sp³-hybridized carbons (Fsp3) is 0.295. The Morgan fingerprint density at radius 3 is 1.20 bits per heavy atom. The number of alkyl halides is 6. The molecule has 2 aliphatic carbocycles. The molecule has 13 nitrogen and oxygen atoms in total. The number of benzene rings is 4. The Bertz CT molecular complexity index is 2430. The summed E-state index contributed by atoms with van der Waals surface area (Å²) in [6.45, 7) is 5.85. The second-order valence-corrected chi connectivity index (χ2v) is 16.8. The molecule has 6 aromatic rings. The van der Waals surface area contributed by atoms with Gasteiger partial charge in [-0.05, 0) is 42.3 Å². The van der Waals surface area contributed by atoms with Gasteiger partial charge in [0.25, 0.3) is 11.8 Å². The molecule has 2 aromatic heterocycles. The van der Waals surface area contributed by atoms with Crippen LogP contribution in [0.3, 0.4) is 0 Å². The lowest BCUT2D eigenvalue weighted by Crippen LogP contribution is -2.49. The number of carbonyl (C=O) groups is 5. The third-order valence-corrected chi connectivity index (χ3v) is 12.2. The molecule has 21 heteroatoms. The van der Waals surface area contributed by atoms with Crippen LogP contribution in [0.4, 0.5) is 36.6 Å². The van der Waals surface area contributed by atoms with E-state index < -0.39 is 70.7 Å². The van der Waals surface area contributed by atoms with Crippen molar-refractivity contribution in [1.82, 2.24) is 20.6 Å². The zero-order valence-electron chi connectivity index (χ0n) is 34.8. The average Bonchev–Trinajstić information content (AvgIpc) is 3.96. The van der Waals surface area contributed by atoms with Crippen LogP contribution in [0.1, 0.15) is 50.7 Å². The number of rotatable bonds is 9. The number of nitrogens with zero attached hydrogens (tertiary/aromatic N) is 2. The van der Waals surface area contributed by atoms with Crippen molar-refractivity contribution in [3.8, 4) is 0 Å². The van der Waals surface area contributed by atoms with Gasteiger partial charge in [-0.3, -0.25) is 34.6 Å². The third kappa shape index (κ3) is 10.7. The Labute approximate surface area is 375 Å². The van der Waals surface area contributed by atoms with Gasteiger partial charge in [-0.1, -0.05) is 108 Å². The molecule has 2 aliphatic rings. The zero-order chi connectivity index (χ0) is 46.6. The molecule has 6 atom stereocenters. The van der Waals surface area contributed by atoms with Gasteiger partial charge in [-0.15, -0.1) is 0 Å². The van der Waals surface area contributed by atoms with Gasteiger partial charge in [-0.25, -0.2) is 9.97 Å². The summed E-state index contributed by atoms with van der Waals surface area (Å²) in [7, 11) is 0. The number of hydrogen-bond acceptors (Lipinski definition) is 10. The summed E-state index contributed by atoms with van der Waals surface area (Å²) in [4.78, 5) is 68.1. The van der Waals surface area contributed by atoms with E-state index in [2.05, 4.69) is 36.0 Å². The van der Waals surface area contributed by atoms with E-state index in [0.717, 1.165) is 45.9 Å². The number of esters is 1. The number of thiazole rings is 2. The molecule has 0 aliphatic heterocycles. The van der Waals surface area contributed by atoms with E-state index in [4.69, 9.17) is 0 Å². The van der Waals surface area contributed by atoms with Crippen molar-refractivity contribution in [2.45, 2.75) is 63.0 Å². The first-order chi connectivity index (χ1) is 30.2. The highest BCUT2D eigenvalue weighted by Crippen LogP contribution is 2.65. The molecule has 0 bridgehead atoms. The number of hydrogen-bond donors (Lipinski definition) is 4. The minimum Gasteiger partial charge on any atom is -0.466 e.